The molecule has 0 radical (unpaired) electrons. The van der Waals surface area contributed by atoms with Crippen LogP contribution in [0, 0.1) is 34.0 Å². The Labute approximate surface area is 181 Å². The summed E-state index contributed by atoms with van der Waals surface area (Å²) in [6.45, 7) is 12.4. The molecule has 0 aliphatic heterocycles. The number of hydrogen-bond acceptors (Lipinski definition) is 5. The van der Waals surface area contributed by atoms with Crippen molar-refractivity contribution < 1.29 is 24.2 Å². The number of esters is 2. The van der Waals surface area contributed by atoms with E-state index in [-0.39, 0.29) is 47.3 Å². The zero-order chi connectivity index (χ0) is 22.3. The van der Waals surface area contributed by atoms with E-state index in [4.69, 9.17) is 9.47 Å². The molecule has 3 aliphatic rings. The molecule has 0 aromatic rings. The molecule has 170 valence electrons. The standard InChI is InChI=1S/C25H40O5/c1-16-9-12-24(5)20-8-7-11-23(3,4)19(20)10-13-25(24,6)21(16)22(28)29-15-18(14-26)30-17(2)27/h10,16,18,20-21,26H,7-9,11-15H2,1-6H3/t16-,18?,20+,21-,24-,25-/m0/s1. The van der Waals surface area contributed by atoms with E-state index in [2.05, 4.69) is 40.7 Å². The van der Waals surface area contributed by atoms with Crippen molar-refractivity contribution in [3.05, 3.63) is 11.6 Å². The van der Waals surface area contributed by atoms with Gasteiger partial charge in [-0.15, -0.1) is 0 Å². The lowest BCUT2D eigenvalue weighted by Gasteiger charge is -2.63. The van der Waals surface area contributed by atoms with Crippen LogP contribution in [0.4, 0.5) is 0 Å². The molecule has 1 unspecified atom stereocenters. The fourth-order valence-corrected chi connectivity index (χ4v) is 6.93. The SMILES string of the molecule is CC(=O)OC(CO)COC(=O)[C@@H]1[C@@H](C)CC[C@@]2(C)[C@@H]3CCCC(C)(C)C3=CC[C@@]12C. The summed E-state index contributed by atoms with van der Waals surface area (Å²) >= 11 is 0. The molecule has 3 aliphatic carbocycles. The van der Waals surface area contributed by atoms with Crippen LogP contribution in [0.2, 0.25) is 0 Å². The molecule has 30 heavy (non-hydrogen) atoms. The molecule has 0 heterocycles. The number of aliphatic hydroxyl groups excluding tert-OH is 1. The number of aliphatic hydroxyl groups is 1. The lowest BCUT2D eigenvalue weighted by atomic mass is 9.40. The van der Waals surface area contributed by atoms with Crippen molar-refractivity contribution in [3.8, 4) is 0 Å². The van der Waals surface area contributed by atoms with Gasteiger partial charge in [-0.3, -0.25) is 9.59 Å². The molecule has 5 heteroatoms. The van der Waals surface area contributed by atoms with E-state index in [1.165, 1.54) is 26.2 Å². The van der Waals surface area contributed by atoms with E-state index < -0.39 is 12.1 Å². The first kappa shape index (κ1) is 23.3. The number of ether oxygens (including phenoxy) is 2. The average molecular weight is 421 g/mol. The monoisotopic (exact) mass is 420 g/mol. The molecule has 0 spiro atoms. The maximum Gasteiger partial charge on any atom is 0.309 e. The van der Waals surface area contributed by atoms with Crippen LogP contribution in [0.15, 0.2) is 11.6 Å². The highest BCUT2D eigenvalue weighted by Crippen LogP contribution is 2.68. The predicted octanol–water partition coefficient (Wildman–Crippen LogP) is 4.67. The highest BCUT2D eigenvalue weighted by Gasteiger charge is 2.62. The van der Waals surface area contributed by atoms with E-state index in [0.717, 1.165) is 19.3 Å². The molecule has 1 N–H and O–H groups in total. The van der Waals surface area contributed by atoms with Gasteiger partial charge in [-0.25, -0.2) is 0 Å². The Kier molecular flexibility index (Phi) is 6.44. The fourth-order valence-electron chi connectivity index (χ4n) is 6.93. The van der Waals surface area contributed by atoms with Gasteiger partial charge in [-0.1, -0.05) is 52.7 Å². The van der Waals surface area contributed by atoms with Crippen LogP contribution in [0.1, 0.15) is 80.1 Å². The second-order valence-electron chi connectivity index (χ2n) is 11.1. The van der Waals surface area contributed by atoms with Gasteiger partial charge in [0, 0.05) is 6.92 Å². The van der Waals surface area contributed by atoms with Gasteiger partial charge in [0.15, 0.2) is 6.10 Å². The van der Waals surface area contributed by atoms with Gasteiger partial charge in [0.05, 0.1) is 12.5 Å². The molecule has 0 amide bonds. The van der Waals surface area contributed by atoms with Crippen molar-refractivity contribution in [3.63, 3.8) is 0 Å². The topological polar surface area (TPSA) is 72.8 Å². The number of allylic oxidation sites excluding steroid dienone is 2. The minimum atomic E-state index is -0.804. The van der Waals surface area contributed by atoms with Gasteiger partial charge in [0.25, 0.3) is 0 Å². The summed E-state index contributed by atoms with van der Waals surface area (Å²) in [5.41, 5.74) is 1.74. The van der Waals surface area contributed by atoms with Crippen LogP contribution in [-0.2, 0) is 19.1 Å². The van der Waals surface area contributed by atoms with Gasteiger partial charge in [0.2, 0.25) is 0 Å². The Morgan fingerprint density at radius 2 is 1.87 bits per heavy atom. The zero-order valence-electron chi connectivity index (χ0n) is 19.6. The molecule has 2 fully saturated rings. The second-order valence-corrected chi connectivity index (χ2v) is 11.1. The van der Waals surface area contributed by atoms with Crippen LogP contribution < -0.4 is 0 Å². The van der Waals surface area contributed by atoms with Crippen molar-refractivity contribution in [2.45, 2.75) is 86.2 Å². The molecule has 0 saturated heterocycles. The molecular weight excluding hydrogens is 380 g/mol. The molecule has 0 bridgehead atoms. The average Bonchev–Trinajstić information content (AvgIpc) is 2.66. The minimum absolute atomic E-state index is 0.0667. The van der Waals surface area contributed by atoms with Gasteiger partial charge in [-0.2, -0.15) is 0 Å². The summed E-state index contributed by atoms with van der Waals surface area (Å²) in [4.78, 5) is 24.5. The van der Waals surface area contributed by atoms with E-state index in [9.17, 15) is 14.7 Å². The first-order valence-electron chi connectivity index (χ1n) is 11.6. The summed E-state index contributed by atoms with van der Waals surface area (Å²) in [6.07, 6.45) is 8.38. The fraction of sp³-hybridized carbons (Fsp3) is 0.840. The Morgan fingerprint density at radius 1 is 1.17 bits per heavy atom. The van der Waals surface area contributed by atoms with Crippen LogP contribution >= 0.6 is 0 Å². The lowest BCUT2D eigenvalue weighted by Crippen LogP contribution is -2.58. The smallest absolute Gasteiger partial charge is 0.309 e. The van der Waals surface area contributed by atoms with Crippen molar-refractivity contribution in [2.75, 3.05) is 13.2 Å². The van der Waals surface area contributed by atoms with Gasteiger partial charge in [0.1, 0.15) is 6.61 Å². The molecule has 2 saturated carbocycles. The van der Waals surface area contributed by atoms with Gasteiger partial charge >= 0.3 is 11.9 Å². The molecule has 3 rings (SSSR count). The normalized spacial score (nSPS) is 38.5. The van der Waals surface area contributed by atoms with Crippen molar-refractivity contribution in [1.82, 2.24) is 0 Å². The van der Waals surface area contributed by atoms with Crippen molar-refractivity contribution >= 4 is 11.9 Å². The number of fused-ring (bicyclic) bond motifs is 3. The van der Waals surface area contributed by atoms with E-state index in [1.807, 2.05) is 0 Å². The van der Waals surface area contributed by atoms with Crippen LogP contribution in [0.5, 0.6) is 0 Å². The van der Waals surface area contributed by atoms with Crippen molar-refractivity contribution in [2.24, 2.45) is 34.0 Å². The van der Waals surface area contributed by atoms with Crippen LogP contribution in [0.25, 0.3) is 0 Å². The summed E-state index contributed by atoms with van der Waals surface area (Å²) in [7, 11) is 0. The molecule has 0 aromatic carbocycles. The predicted molar refractivity (Wildman–Crippen MR) is 116 cm³/mol. The molecular formula is C25H40O5. The summed E-state index contributed by atoms with van der Waals surface area (Å²) < 4.78 is 10.7. The Hall–Kier alpha value is -1.36. The third-order valence-electron chi connectivity index (χ3n) is 8.85. The highest BCUT2D eigenvalue weighted by atomic mass is 16.6. The number of carbonyl (C=O) groups is 2. The van der Waals surface area contributed by atoms with Crippen molar-refractivity contribution in [1.29, 1.82) is 0 Å². The quantitative estimate of drug-likeness (QED) is 0.517. The number of hydrogen-bond donors (Lipinski definition) is 1. The van der Waals surface area contributed by atoms with E-state index in [1.54, 1.807) is 5.57 Å². The largest absolute Gasteiger partial charge is 0.461 e. The number of rotatable bonds is 5. The first-order valence-corrected chi connectivity index (χ1v) is 11.6. The van der Waals surface area contributed by atoms with Gasteiger partial charge < -0.3 is 14.6 Å². The summed E-state index contributed by atoms with van der Waals surface area (Å²) in [5, 5.41) is 9.43. The Balaban J connectivity index is 1.86. The minimum Gasteiger partial charge on any atom is -0.461 e. The second kappa shape index (κ2) is 8.29. The molecule has 5 nitrogen and oxygen atoms in total. The molecule has 6 atom stereocenters. The number of carbonyl (C=O) groups excluding carboxylic acids is 2. The lowest BCUT2D eigenvalue weighted by molar-refractivity contribution is -0.180. The maximum absolute atomic E-state index is 13.3. The Morgan fingerprint density at radius 3 is 2.50 bits per heavy atom. The Bertz CT molecular complexity index is 710. The summed E-state index contributed by atoms with van der Waals surface area (Å²) in [6, 6.07) is 0. The highest BCUT2D eigenvalue weighted by molar-refractivity contribution is 5.74. The van der Waals surface area contributed by atoms with E-state index >= 15 is 0 Å². The van der Waals surface area contributed by atoms with Crippen LogP contribution in [0.3, 0.4) is 0 Å². The third kappa shape index (κ3) is 3.83. The third-order valence-corrected chi connectivity index (χ3v) is 8.85. The first-order chi connectivity index (χ1) is 14.0. The maximum atomic E-state index is 13.3. The van der Waals surface area contributed by atoms with E-state index in [0.29, 0.717) is 5.92 Å². The molecule has 0 aromatic heterocycles. The van der Waals surface area contributed by atoms with Gasteiger partial charge in [-0.05, 0) is 60.2 Å². The van der Waals surface area contributed by atoms with Crippen LogP contribution in [-0.4, -0.2) is 36.4 Å². The zero-order valence-corrected chi connectivity index (χ0v) is 19.6. The summed E-state index contributed by atoms with van der Waals surface area (Å²) in [5.74, 6) is -0.137.